The molecule has 1 unspecified atom stereocenters. The number of pyridine rings is 1. The predicted octanol–water partition coefficient (Wildman–Crippen LogP) is 2.76. The molecule has 4 rings (SSSR count). The first-order valence-corrected chi connectivity index (χ1v) is 8.93. The van der Waals surface area contributed by atoms with E-state index in [2.05, 4.69) is 39.7 Å². The third-order valence-corrected chi connectivity index (χ3v) is 4.36. The van der Waals surface area contributed by atoms with Gasteiger partial charge < -0.3 is 5.32 Å². The van der Waals surface area contributed by atoms with Gasteiger partial charge in [0.15, 0.2) is 11.9 Å². The van der Waals surface area contributed by atoms with Crippen molar-refractivity contribution in [2.75, 3.05) is 0 Å². The van der Waals surface area contributed by atoms with Crippen molar-refractivity contribution in [1.82, 2.24) is 25.2 Å². The van der Waals surface area contributed by atoms with Crippen molar-refractivity contribution < 1.29 is 4.39 Å². The van der Waals surface area contributed by atoms with E-state index in [1.54, 1.807) is 18.3 Å². The molecule has 1 aliphatic rings. The van der Waals surface area contributed by atoms with Crippen LogP contribution in [0, 0.1) is 5.82 Å². The van der Waals surface area contributed by atoms with Crippen LogP contribution in [0.15, 0.2) is 53.7 Å². The Hall–Kier alpha value is -3.06. The zero-order chi connectivity index (χ0) is 18.8. The van der Waals surface area contributed by atoms with Crippen molar-refractivity contribution in [2.45, 2.75) is 32.6 Å². The summed E-state index contributed by atoms with van der Waals surface area (Å²) in [7, 11) is 0. The Bertz CT molecular complexity index is 1020. The lowest BCUT2D eigenvalue weighted by molar-refractivity contribution is 0.448. The van der Waals surface area contributed by atoms with Gasteiger partial charge in [0.25, 0.3) is 0 Å². The molecule has 7 heteroatoms. The lowest BCUT2D eigenvalue weighted by Gasteiger charge is -2.24. The van der Waals surface area contributed by atoms with Crippen LogP contribution in [0.25, 0.3) is 11.3 Å². The minimum Gasteiger partial charge on any atom is -0.351 e. The van der Waals surface area contributed by atoms with E-state index >= 15 is 0 Å². The van der Waals surface area contributed by atoms with Crippen LogP contribution in [0.4, 0.5) is 4.39 Å². The highest BCUT2D eigenvalue weighted by Gasteiger charge is 2.15. The van der Waals surface area contributed by atoms with Gasteiger partial charge in [-0.25, -0.2) is 4.39 Å². The van der Waals surface area contributed by atoms with Gasteiger partial charge in [-0.05, 0) is 43.7 Å². The summed E-state index contributed by atoms with van der Waals surface area (Å²) in [5.74, 6) is 0.471. The molecule has 2 aromatic heterocycles. The molecule has 0 spiro atoms. The van der Waals surface area contributed by atoms with E-state index in [-0.39, 0.29) is 12.1 Å². The van der Waals surface area contributed by atoms with Crippen LogP contribution in [0.1, 0.15) is 30.8 Å². The highest BCUT2D eigenvalue weighted by Crippen LogP contribution is 2.18. The maximum Gasteiger partial charge on any atom is 0.173 e. The summed E-state index contributed by atoms with van der Waals surface area (Å²) in [6, 6.07) is 11.0. The van der Waals surface area contributed by atoms with Gasteiger partial charge in [0.2, 0.25) is 0 Å². The number of allylic oxidation sites excluding steroid dienone is 1. The molecule has 0 amide bonds. The molecule has 27 heavy (non-hydrogen) atoms. The van der Waals surface area contributed by atoms with Gasteiger partial charge in [0.05, 0.1) is 0 Å². The Morgan fingerprint density at radius 3 is 2.89 bits per heavy atom. The number of fused-ring (bicyclic) bond motifs is 1. The first kappa shape index (κ1) is 17.4. The van der Waals surface area contributed by atoms with Crippen molar-refractivity contribution in [3.63, 3.8) is 0 Å². The van der Waals surface area contributed by atoms with Crippen LogP contribution >= 0.6 is 0 Å². The highest BCUT2D eigenvalue weighted by atomic mass is 19.1. The van der Waals surface area contributed by atoms with Crippen LogP contribution in [0.2, 0.25) is 0 Å². The molecular formula is C20H21FN6. The number of rotatable bonds is 5. The molecule has 0 saturated carbocycles. The van der Waals surface area contributed by atoms with Crippen molar-refractivity contribution in [1.29, 1.82) is 0 Å². The Morgan fingerprint density at radius 2 is 2.07 bits per heavy atom. The van der Waals surface area contributed by atoms with Crippen LogP contribution in [0.3, 0.4) is 0 Å². The molecule has 0 radical (unpaired) electrons. The molecule has 3 aromatic rings. The van der Waals surface area contributed by atoms with E-state index in [0.29, 0.717) is 23.9 Å². The average molecular weight is 364 g/mol. The molecule has 6 nitrogen and oxygen atoms in total. The number of aromatic nitrogens is 3. The van der Waals surface area contributed by atoms with E-state index in [1.165, 1.54) is 6.07 Å². The molecule has 1 atom stereocenters. The summed E-state index contributed by atoms with van der Waals surface area (Å²) in [6.45, 7) is 4.16. The summed E-state index contributed by atoms with van der Waals surface area (Å²) < 4.78 is 15.8. The van der Waals surface area contributed by atoms with Crippen molar-refractivity contribution in [2.24, 2.45) is 4.99 Å². The molecule has 1 aromatic carbocycles. The fraction of sp³-hybridized carbons (Fsp3) is 0.250. The van der Waals surface area contributed by atoms with Crippen molar-refractivity contribution in [3.05, 3.63) is 71.4 Å². The molecular weight excluding hydrogens is 343 g/mol. The van der Waals surface area contributed by atoms with Crippen molar-refractivity contribution >= 4 is 17.6 Å². The third-order valence-electron chi connectivity index (χ3n) is 4.36. The molecule has 1 aliphatic heterocycles. The van der Waals surface area contributed by atoms with Crippen LogP contribution in [-0.2, 0) is 6.42 Å². The maximum absolute atomic E-state index is 13.9. The molecule has 0 bridgehead atoms. The fourth-order valence-electron chi connectivity index (χ4n) is 3.06. The van der Waals surface area contributed by atoms with Gasteiger partial charge in [0.1, 0.15) is 11.6 Å². The van der Waals surface area contributed by atoms with Gasteiger partial charge in [0, 0.05) is 36.1 Å². The van der Waals surface area contributed by atoms with E-state index in [1.807, 2.05) is 34.9 Å². The highest BCUT2D eigenvalue weighted by molar-refractivity contribution is 5.86. The number of benzene rings is 1. The normalized spacial score (nSPS) is 16.6. The number of nitrogens with zero attached hydrogens (tertiary/aromatic N) is 4. The lowest BCUT2D eigenvalue weighted by atomic mass is 10.1. The average Bonchev–Trinajstić information content (AvgIpc) is 3.05. The second-order valence-corrected chi connectivity index (χ2v) is 6.77. The van der Waals surface area contributed by atoms with Gasteiger partial charge in [-0.2, -0.15) is 0 Å². The predicted molar refractivity (Wildman–Crippen MR) is 104 cm³/mol. The van der Waals surface area contributed by atoms with E-state index in [9.17, 15) is 4.39 Å². The summed E-state index contributed by atoms with van der Waals surface area (Å²) in [5, 5.41) is 15.2. The van der Waals surface area contributed by atoms with E-state index < -0.39 is 0 Å². The second-order valence-electron chi connectivity index (χ2n) is 6.77. The summed E-state index contributed by atoms with van der Waals surface area (Å²) >= 11 is 0. The molecule has 2 N–H and O–H groups in total. The van der Waals surface area contributed by atoms with Crippen LogP contribution in [0.5, 0.6) is 0 Å². The number of nitrogens with one attached hydrogen (secondary N) is 2. The molecule has 0 fully saturated rings. The maximum atomic E-state index is 13.9. The van der Waals surface area contributed by atoms with Crippen LogP contribution in [-0.4, -0.2) is 33.1 Å². The summed E-state index contributed by atoms with van der Waals surface area (Å²) in [4.78, 5) is 4.37. The Morgan fingerprint density at radius 1 is 1.22 bits per heavy atom. The summed E-state index contributed by atoms with van der Waals surface area (Å²) in [5.41, 5.74) is 3.28. The molecule has 0 aliphatic carbocycles. The summed E-state index contributed by atoms with van der Waals surface area (Å²) in [6.07, 6.45) is 5.88. The van der Waals surface area contributed by atoms with E-state index in [4.69, 9.17) is 0 Å². The Labute approximate surface area is 156 Å². The second kappa shape index (κ2) is 7.28. The fourth-order valence-corrected chi connectivity index (χ4v) is 3.06. The zero-order valence-electron chi connectivity index (χ0n) is 15.2. The minimum atomic E-state index is -0.231. The topological polar surface area (TPSA) is 66.6 Å². The van der Waals surface area contributed by atoms with Gasteiger partial charge in [-0.1, -0.05) is 18.2 Å². The number of halogens is 1. The first-order valence-electron chi connectivity index (χ1n) is 8.93. The van der Waals surface area contributed by atoms with Gasteiger partial charge in [-0.15, -0.1) is 10.2 Å². The largest absolute Gasteiger partial charge is 0.351 e. The first-order chi connectivity index (χ1) is 13.1. The SMILES string of the molecule is CC(C)NC1N=CC=C(c2ccn3c(Cc4ccccc4F)nnc3c2)N1. The van der Waals surface area contributed by atoms with Crippen LogP contribution < -0.4 is 10.6 Å². The zero-order valence-corrected chi connectivity index (χ0v) is 15.2. The van der Waals surface area contributed by atoms with Gasteiger partial charge in [-0.3, -0.25) is 14.7 Å². The minimum absolute atomic E-state index is 0.157. The Kier molecular flexibility index (Phi) is 4.68. The Balaban J connectivity index is 1.58. The van der Waals surface area contributed by atoms with E-state index in [0.717, 1.165) is 16.9 Å². The monoisotopic (exact) mass is 364 g/mol. The molecule has 0 saturated heterocycles. The molecule has 138 valence electrons. The molecule has 3 heterocycles. The number of aliphatic imine (C=N–C) groups is 1. The van der Waals surface area contributed by atoms with Crippen molar-refractivity contribution in [3.8, 4) is 0 Å². The third kappa shape index (κ3) is 3.73. The number of hydrogen-bond acceptors (Lipinski definition) is 5. The lowest BCUT2D eigenvalue weighted by Crippen LogP contribution is -2.44. The standard InChI is InChI=1S/C20H21FN6/c1-13(2)23-20-22-9-7-17(24-20)15-8-10-27-18(25-26-19(27)12-15)11-14-5-3-4-6-16(14)21/h3-10,12-13,20,23-24H,11H2,1-2H3. The van der Waals surface area contributed by atoms with Gasteiger partial charge >= 0.3 is 0 Å². The number of hydrogen-bond donors (Lipinski definition) is 2. The smallest absolute Gasteiger partial charge is 0.173 e. The quantitative estimate of drug-likeness (QED) is 0.731.